The lowest BCUT2D eigenvalue weighted by molar-refractivity contribution is 0.0946. The molecule has 1 saturated heterocycles. The fourth-order valence-electron chi connectivity index (χ4n) is 3.06. The lowest BCUT2D eigenvalue weighted by atomic mass is 10.2. The van der Waals surface area contributed by atoms with Gasteiger partial charge in [-0.1, -0.05) is 18.2 Å². The highest BCUT2D eigenvalue weighted by atomic mass is 79.9. The second-order valence-electron chi connectivity index (χ2n) is 6.62. The molecule has 1 amide bonds. The summed E-state index contributed by atoms with van der Waals surface area (Å²) in [5.74, 6) is 0.426. The Hall–Kier alpha value is -1.90. The van der Waals surface area contributed by atoms with E-state index in [1.807, 2.05) is 31.2 Å². The van der Waals surface area contributed by atoms with E-state index in [0.29, 0.717) is 30.7 Å². The van der Waals surface area contributed by atoms with E-state index < -0.39 is 10.0 Å². The highest BCUT2D eigenvalue weighted by molar-refractivity contribution is 9.10. The number of nitrogens with one attached hydrogen (secondary N) is 1. The Bertz CT molecular complexity index is 956. The minimum absolute atomic E-state index is 0.138. The molecule has 0 unspecified atom stereocenters. The molecule has 3 rings (SSSR count). The largest absolute Gasteiger partial charge is 0.491 e. The maximum absolute atomic E-state index is 12.7. The lowest BCUT2D eigenvalue weighted by Crippen LogP contribution is -2.30. The standard InChI is InChI=1S/C20H23BrN2O4S/c1-15-6-2-3-7-19(15)27-13-10-22-20(24)17-14-16(8-9-18(17)21)28(25,26)23-11-4-5-12-23/h2-3,6-9,14H,4-5,10-13H2,1H3,(H,22,24). The summed E-state index contributed by atoms with van der Waals surface area (Å²) in [5.41, 5.74) is 1.31. The minimum Gasteiger partial charge on any atom is -0.491 e. The Labute approximate surface area is 174 Å². The third-order valence-corrected chi connectivity index (χ3v) is 7.21. The zero-order valence-corrected chi connectivity index (χ0v) is 18.1. The monoisotopic (exact) mass is 466 g/mol. The number of benzene rings is 2. The Kier molecular flexibility index (Phi) is 6.74. The first-order valence-electron chi connectivity index (χ1n) is 9.16. The molecule has 1 aliphatic heterocycles. The fourth-order valence-corrected chi connectivity index (χ4v) is 5.03. The first-order valence-corrected chi connectivity index (χ1v) is 11.4. The Morgan fingerprint density at radius 1 is 1.18 bits per heavy atom. The van der Waals surface area contributed by atoms with Crippen molar-refractivity contribution in [3.8, 4) is 5.75 Å². The van der Waals surface area contributed by atoms with Gasteiger partial charge in [0.05, 0.1) is 17.0 Å². The molecular weight excluding hydrogens is 444 g/mol. The summed E-state index contributed by atoms with van der Waals surface area (Å²) in [6.07, 6.45) is 1.73. The SMILES string of the molecule is Cc1ccccc1OCCNC(=O)c1cc(S(=O)(=O)N2CCCC2)ccc1Br. The molecule has 0 spiro atoms. The van der Waals surface area contributed by atoms with Gasteiger partial charge in [0.1, 0.15) is 12.4 Å². The van der Waals surface area contributed by atoms with E-state index in [-0.39, 0.29) is 16.4 Å². The number of aryl methyl sites for hydroxylation is 1. The van der Waals surface area contributed by atoms with Crippen LogP contribution >= 0.6 is 15.9 Å². The summed E-state index contributed by atoms with van der Waals surface area (Å²) < 4.78 is 33.1. The third kappa shape index (κ3) is 4.74. The molecule has 0 atom stereocenters. The van der Waals surface area contributed by atoms with Crippen LogP contribution in [-0.4, -0.2) is 44.9 Å². The zero-order chi connectivity index (χ0) is 20.1. The van der Waals surface area contributed by atoms with E-state index in [1.54, 1.807) is 6.07 Å². The maximum Gasteiger partial charge on any atom is 0.252 e. The van der Waals surface area contributed by atoms with Crippen LogP contribution in [0, 0.1) is 6.92 Å². The average molecular weight is 467 g/mol. The first-order chi connectivity index (χ1) is 13.4. The van der Waals surface area contributed by atoms with Crippen molar-refractivity contribution >= 4 is 31.9 Å². The van der Waals surface area contributed by atoms with E-state index in [2.05, 4.69) is 21.2 Å². The summed E-state index contributed by atoms with van der Waals surface area (Å²) >= 11 is 3.34. The minimum atomic E-state index is -3.57. The Morgan fingerprint density at radius 3 is 2.61 bits per heavy atom. The molecule has 28 heavy (non-hydrogen) atoms. The number of hydrogen-bond donors (Lipinski definition) is 1. The van der Waals surface area contributed by atoms with Crippen molar-refractivity contribution in [1.82, 2.24) is 9.62 Å². The number of hydrogen-bond acceptors (Lipinski definition) is 4. The number of sulfonamides is 1. The molecule has 1 N–H and O–H groups in total. The quantitative estimate of drug-likeness (QED) is 0.634. The molecule has 0 bridgehead atoms. The number of amides is 1. The lowest BCUT2D eigenvalue weighted by Gasteiger charge is -2.16. The topological polar surface area (TPSA) is 75.7 Å². The predicted molar refractivity (Wildman–Crippen MR) is 111 cm³/mol. The second kappa shape index (κ2) is 9.07. The molecule has 8 heteroatoms. The van der Waals surface area contributed by atoms with Crippen LogP contribution in [0.1, 0.15) is 28.8 Å². The van der Waals surface area contributed by atoms with Gasteiger partial charge in [0.25, 0.3) is 5.91 Å². The number of para-hydroxylation sites is 1. The van der Waals surface area contributed by atoms with Crippen LogP contribution in [0.2, 0.25) is 0 Å². The normalized spacial score (nSPS) is 14.8. The van der Waals surface area contributed by atoms with Crippen molar-refractivity contribution in [3.05, 3.63) is 58.1 Å². The molecular formula is C20H23BrN2O4S. The van der Waals surface area contributed by atoms with Crippen LogP contribution in [0.3, 0.4) is 0 Å². The average Bonchev–Trinajstić information content (AvgIpc) is 3.22. The van der Waals surface area contributed by atoms with Gasteiger partial charge in [-0.3, -0.25) is 4.79 Å². The van der Waals surface area contributed by atoms with E-state index >= 15 is 0 Å². The molecule has 0 aromatic heterocycles. The highest BCUT2D eigenvalue weighted by Crippen LogP contribution is 2.25. The fraction of sp³-hybridized carbons (Fsp3) is 0.350. The number of carbonyl (C=O) groups excluding carboxylic acids is 1. The molecule has 0 saturated carbocycles. The predicted octanol–water partition coefficient (Wildman–Crippen LogP) is 3.35. The van der Waals surface area contributed by atoms with E-state index in [9.17, 15) is 13.2 Å². The second-order valence-corrected chi connectivity index (χ2v) is 9.41. The first kappa shape index (κ1) is 20.8. The summed E-state index contributed by atoms with van der Waals surface area (Å²) in [6, 6.07) is 12.2. The van der Waals surface area contributed by atoms with Gasteiger partial charge in [0.2, 0.25) is 10.0 Å². The smallest absolute Gasteiger partial charge is 0.252 e. The highest BCUT2D eigenvalue weighted by Gasteiger charge is 2.28. The van der Waals surface area contributed by atoms with E-state index in [1.165, 1.54) is 16.4 Å². The van der Waals surface area contributed by atoms with Gasteiger partial charge >= 0.3 is 0 Å². The number of nitrogens with zero attached hydrogens (tertiary/aromatic N) is 1. The molecule has 1 aliphatic rings. The number of rotatable bonds is 7. The van der Waals surface area contributed by atoms with E-state index in [0.717, 1.165) is 24.2 Å². The Balaban J connectivity index is 1.64. The van der Waals surface area contributed by atoms with Crippen molar-refractivity contribution in [1.29, 1.82) is 0 Å². The van der Waals surface area contributed by atoms with Gasteiger partial charge in [-0.05, 0) is 65.5 Å². The third-order valence-electron chi connectivity index (χ3n) is 4.62. The number of halogens is 1. The van der Waals surface area contributed by atoms with E-state index in [4.69, 9.17) is 4.74 Å². The van der Waals surface area contributed by atoms with Gasteiger partial charge in [0, 0.05) is 17.6 Å². The van der Waals surface area contributed by atoms with Crippen LogP contribution in [-0.2, 0) is 10.0 Å². The molecule has 150 valence electrons. The summed E-state index contributed by atoms with van der Waals surface area (Å²) in [7, 11) is -3.57. The van der Waals surface area contributed by atoms with Gasteiger partial charge in [0.15, 0.2) is 0 Å². The molecule has 1 heterocycles. The summed E-state index contributed by atoms with van der Waals surface area (Å²) in [4.78, 5) is 12.7. The van der Waals surface area contributed by atoms with Gasteiger partial charge in [-0.2, -0.15) is 4.31 Å². The van der Waals surface area contributed by atoms with Crippen LogP contribution in [0.25, 0.3) is 0 Å². The van der Waals surface area contributed by atoms with Crippen LogP contribution < -0.4 is 10.1 Å². The molecule has 0 aliphatic carbocycles. The maximum atomic E-state index is 12.7. The zero-order valence-electron chi connectivity index (χ0n) is 15.7. The molecule has 6 nitrogen and oxygen atoms in total. The van der Waals surface area contributed by atoms with Gasteiger partial charge in [-0.25, -0.2) is 8.42 Å². The summed E-state index contributed by atoms with van der Waals surface area (Å²) in [5, 5.41) is 2.78. The van der Waals surface area contributed by atoms with Crippen LogP contribution in [0.5, 0.6) is 5.75 Å². The van der Waals surface area contributed by atoms with Gasteiger partial charge < -0.3 is 10.1 Å². The molecule has 2 aromatic carbocycles. The number of ether oxygens (including phenoxy) is 1. The van der Waals surface area contributed by atoms with Crippen LogP contribution in [0.15, 0.2) is 51.8 Å². The Morgan fingerprint density at radius 2 is 1.89 bits per heavy atom. The van der Waals surface area contributed by atoms with Crippen molar-refractivity contribution in [2.75, 3.05) is 26.2 Å². The van der Waals surface area contributed by atoms with Crippen molar-refractivity contribution < 1.29 is 17.9 Å². The number of carbonyl (C=O) groups is 1. The van der Waals surface area contributed by atoms with Crippen molar-refractivity contribution in [2.45, 2.75) is 24.7 Å². The molecule has 1 fully saturated rings. The van der Waals surface area contributed by atoms with Crippen LogP contribution in [0.4, 0.5) is 0 Å². The molecule has 0 radical (unpaired) electrons. The summed E-state index contributed by atoms with van der Waals surface area (Å²) in [6.45, 7) is 3.63. The van der Waals surface area contributed by atoms with Crippen molar-refractivity contribution in [2.24, 2.45) is 0 Å². The van der Waals surface area contributed by atoms with Crippen molar-refractivity contribution in [3.63, 3.8) is 0 Å². The van der Waals surface area contributed by atoms with Gasteiger partial charge in [-0.15, -0.1) is 0 Å². The molecule has 2 aromatic rings.